The second-order valence-electron chi connectivity index (χ2n) is 3.53. The van der Waals surface area contributed by atoms with Crippen LogP contribution in [-0.2, 0) is 16.6 Å². The molecule has 0 saturated carbocycles. The highest BCUT2D eigenvalue weighted by atomic mass is 16.5. The first-order valence-electron chi connectivity index (χ1n) is 4.85. The fourth-order valence-electron chi connectivity index (χ4n) is 1.35. The van der Waals surface area contributed by atoms with Crippen LogP contribution in [-0.4, -0.2) is 25.5 Å². The summed E-state index contributed by atoms with van der Waals surface area (Å²) in [5.74, 6) is -0.755. The van der Waals surface area contributed by atoms with Crippen molar-refractivity contribution in [1.82, 2.24) is 5.32 Å². The van der Waals surface area contributed by atoms with Crippen molar-refractivity contribution in [1.29, 1.82) is 0 Å². The number of amides is 1. The SMILES string of the molecule is COC(=O)CNC(=O)c1cc(C)c[n+](C)c1. The highest BCUT2D eigenvalue weighted by molar-refractivity contribution is 5.95. The molecule has 0 radical (unpaired) electrons. The third-order valence-corrected chi connectivity index (χ3v) is 2.02. The molecule has 0 bridgehead atoms. The van der Waals surface area contributed by atoms with Crippen molar-refractivity contribution in [2.75, 3.05) is 13.7 Å². The number of ether oxygens (including phenoxy) is 1. The number of hydrogen-bond acceptors (Lipinski definition) is 3. The fraction of sp³-hybridized carbons (Fsp3) is 0.364. The van der Waals surface area contributed by atoms with Crippen molar-refractivity contribution < 1.29 is 18.9 Å². The zero-order chi connectivity index (χ0) is 12.1. The Bertz CT molecular complexity index is 395. The minimum absolute atomic E-state index is 0.118. The van der Waals surface area contributed by atoms with Crippen LogP contribution in [0.25, 0.3) is 0 Å². The summed E-state index contributed by atoms with van der Waals surface area (Å²) in [4.78, 5) is 22.5. The first kappa shape index (κ1) is 12.2. The van der Waals surface area contributed by atoms with E-state index in [0.29, 0.717) is 5.56 Å². The molecule has 86 valence electrons. The molecule has 0 saturated heterocycles. The number of aromatic nitrogens is 1. The number of hydrogen-bond donors (Lipinski definition) is 1. The molecular weight excluding hydrogens is 208 g/mol. The van der Waals surface area contributed by atoms with Crippen LogP contribution < -0.4 is 9.88 Å². The summed E-state index contributed by atoms with van der Waals surface area (Å²) in [5, 5.41) is 2.48. The van der Waals surface area contributed by atoms with E-state index in [1.54, 1.807) is 16.8 Å². The standard InChI is InChI=1S/C11H14N2O3/c1-8-4-9(7-13(2)6-8)11(15)12-5-10(14)16-3/h4,6-7H,5H2,1-3H3/p+1. The van der Waals surface area contributed by atoms with Crippen LogP contribution in [0.4, 0.5) is 0 Å². The van der Waals surface area contributed by atoms with Gasteiger partial charge in [-0.05, 0) is 13.0 Å². The van der Waals surface area contributed by atoms with Crippen molar-refractivity contribution in [3.05, 3.63) is 29.6 Å². The largest absolute Gasteiger partial charge is 0.468 e. The van der Waals surface area contributed by atoms with Crippen molar-refractivity contribution >= 4 is 11.9 Å². The second-order valence-corrected chi connectivity index (χ2v) is 3.53. The summed E-state index contributed by atoms with van der Waals surface area (Å²) in [6.07, 6.45) is 3.59. The van der Waals surface area contributed by atoms with Crippen molar-refractivity contribution in [3.8, 4) is 0 Å². The number of carbonyl (C=O) groups is 2. The predicted molar refractivity (Wildman–Crippen MR) is 56.7 cm³/mol. The van der Waals surface area contributed by atoms with Gasteiger partial charge in [-0.15, -0.1) is 0 Å². The maximum absolute atomic E-state index is 11.6. The Morgan fingerprint density at radius 3 is 2.69 bits per heavy atom. The van der Waals surface area contributed by atoms with Gasteiger partial charge in [0.15, 0.2) is 12.4 Å². The number of pyridine rings is 1. The predicted octanol–water partition coefficient (Wildman–Crippen LogP) is -0.278. The number of methoxy groups -OCH3 is 1. The smallest absolute Gasteiger partial charge is 0.325 e. The van der Waals surface area contributed by atoms with E-state index in [0.717, 1.165) is 5.56 Å². The molecule has 5 heteroatoms. The molecule has 1 aromatic heterocycles. The second kappa shape index (κ2) is 5.25. The molecule has 0 aliphatic heterocycles. The quantitative estimate of drug-likeness (QED) is 0.566. The van der Waals surface area contributed by atoms with E-state index >= 15 is 0 Å². The van der Waals surface area contributed by atoms with E-state index in [1.165, 1.54) is 7.11 Å². The van der Waals surface area contributed by atoms with Crippen LogP contribution >= 0.6 is 0 Å². The van der Waals surface area contributed by atoms with Gasteiger partial charge in [-0.2, -0.15) is 0 Å². The molecule has 1 amide bonds. The molecule has 1 aromatic rings. The van der Waals surface area contributed by atoms with Gasteiger partial charge in [0, 0.05) is 5.56 Å². The fourth-order valence-corrected chi connectivity index (χ4v) is 1.35. The molecule has 0 aliphatic rings. The van der Waals surface area contributed by atoms with Gasteiger partial charge in [0.25, 0.3) is 5.91 Å². The number of nitrogens with zero attached hydrogens (tertiary/aromatic N) is 1. The lowest BCUT2D eigenvalue weighted by molar-refractivity contribution is -0.671. The third kappa shape index (κ3) is 3.34. The van der Waals surface area contributed by atoms with Gasteiger partial charge in [-0.3, -0.25) is 9.59 Å². The first-order valence-corrected chi connectivity index (χ1v) is 4.85. The van der Waals surface area contributed by atoms with Crippen LogP contribution in [0.1, 0.15) is 15.9 Å². The molecule has 0 spiro atoms. The van der Waals surface area contributed by atoms with Gasteiger partial charge in [0.1, 0.15) is 19.2 Å². The molecule has 0 fully saturated rings. The highest BCUT2D eigenvalue weighted by Gasteiger charge is 2.11. The molecule has 1 N–H and O–H groups in total. The summed E-state index contributed by atoms with van der Waals surface area (Å²) in [5.41, 5.74) is 1.50. The summed E-state index contributed by atoms with van der Waals surface area (Å²) in [6, 6.07) is 1.76. The Morgan fingerprint density at radius 2 is 2.12 bits per heavy atom. The normalized spacial score (nSPS) is 9.69. The lowest BCUT2D eigenvalue weighted by Crippen LogP contribution is -2.34. The summed E-state index contributed by atoms with van der Waals surface area (Å²) in [7, 11) is 3.12. The molecule has 5 nitrogen and oxygen atoms in total. The summed E-state index contributed by atoms with van der Waals surface area (Å²) >= 11 is 0. The van der Waals surface area contributed by atoms with E-state index in [1.807, 2.05) is 20.2 Å². The third-order valence-electron chi connectivity index (χ3n) is 2.02. The molecule has 1 rings (SSSR count). The molecule has 0 atom stereocenters. The maximum atomic E-state index is 11.6. The van der Waals surface area contributed by atoms with Crippen LogP contribution in [0.15, 0.2) is 18.5 Å². The van der Waals surface area contributed by atoms with E-state index < -0.39 is 5.97 Å². The summed E-state index contributed by atoms with van der Waals surface area (Å²) < 4.78 is 6.22. The molecule has 1 heterocycles. The van der Waals surface area contributed by atoms with E-state index in [9.17, 15) is 9.59 Å². The topological polar surface area (TPSA) is 59.3 Å². The molecule has 0 aliphatic carbocycles. The van der Waals surface area contributed by atoms with E-state index in [2.05, 4.69) is 10.1 Å². The Balaban J connectivity index is 2.69. The highest BCUT2D eigenvalue weighted by Crippen LogP contribution is 1.99. The van der Waals surface area contributed by atoms with Crippen molar-refractivity contribution in [2.24, 2.45) is 7.05 Å². The minimum atomic E-state index is -0.467. The van der Waals surface area contributed by atoms with Crippen molar-refractivity contribution in [2.45, 2.75) is 6.92 Å². The van der Waals surface area contributed by atoms with Gasteiger partial charge < -0.3 is 10.1 Å². The average molecular weight is 223 g/mol. The first-order chi connectivity index (χ1) is 7.52. The molecule has 0 aromatic carbocycles. The molecule has 0 unspecified atom stereocenters. The van der Waals surface area contributed by atoms with Crippen molar-refractivity contribution in [3.63, 3.8) is 0 Å². The maximum Gasteiger partial charge on any atom is 0.325 e. The Labute approximate surface area is 94.0 Å². The minimum Gasteiger partial charge on any atom is -0.468 e. The number of carbonyl (C=O) groups excluding carboxylic acids is 2. The lowest BCUT2D eigenvalue weighted by Gasteiger charge is -2.03. The van der Waals surface area contributed by atoms with Gasteiger partial charge in [-0.25, -0.2) is 4.57 Å². The number of esters is 1. The lowest BCUT2D eigenvalue weighted by atomic mass is 10.2. The van der Waals surface area contributed by atoms with E-state index in [-0.39, 0.29) is 12.5 Å². The zero-order valence-electron chi connectivity index (χ0n) is 9.61. The Morgan fingerprint density at radius 1 is 1.44 bits per heavy atom. The number of rotatable bonds is 3. The van der Waals surface area contributed by atoms with Gasteiger partial charge in [0.05, 0.1) is 7.11 Å². The molecular formula is C11H15N2O3+. The molecule has 16 heavy (non-hydrogen) atoms. The summed E-state index contributed by atoms with van der Waals surface area (Å²) in [6.45, 7) is 1.78. The van der Waals surface area contributed by atoms with Crippen LogP contribution in [0.3, 0.4) is 0 Å². The van der Waals surface area contributed by atoms with Gasteiger partial charge in [0.2, 0.25) is 0 Å². The zero-order valence-corrected chi connectivity index (χ0v) is 9.61. The van der Waals surface area contributed by atoms with Crippen LogP contribution in [0.5, 0.6) is 0 Å². The van der Waals surface area contributed by atoms with Gasteiger partial charge in [-0.1, -0.05) is 0 Å². The van der Waals surface area contributed by atoms with Gasteiger partial charge >= 0.3 is 5.97 Å². The average Bonchev–Trinajstić information content (AvgIpc) is 2.23. The Kier molecular flexibility index (Phi) is 3.99. The van der Waals surface area contributed by atoms with Crippen LogP contribution in [0, 0.1) is 6.92 Å². The van der Waals surface area contributed by atoms with Crippen LogP contribution in [0.2, 0.25) is 0 Å². The van der Waals surface area contributed by atoms with E-state index in [4.69, 9.17) is 0 Å². The Hall–Kier alpha value is -1.91. The number of nitrogens with one attached hydrogen (secondary N) is 1. The number of aryl methyl sites for hydroxylation is 2. The monoisotopic (exact) mass is 223 g/mol.